The van der Waals surface area contributed by atoms with Crippen LogP contribution in [0.15, 0.2) is 42.6 Å². The molecular weight excluding hydrogens is 330 g/mol. The van der Waals surface area contributed by atoms with Crippen molar-refractivity contribution in [1.29, 1.82) is 0 Å². The minimum atomic E-state index is -0.120. The maximum atomic E-state index is 12.2. The molecule has 6 heteroatoms. The molecular formula is C20H27N3O3. The van der Waals surface area contributed by atoms with Gasteiger partial charge in [-0.2, -0.15) is 0 Å². The van der Waals surface area contributed by atoms with Gasteiger partial charge in [0.1, 0.15) is 6.61 Å². The molecule has 0 radical (unpaired) electrons. The number of hydrogen-bond donors (Lipinski definition) is 1. The summed E-state index contributed by atoms with van der Waals surface area (Å²) < 4.78 is 10.3. The van der Waals surface area contributed by atoms with Crippen molar-refractivity contribution >= 4 is 6.03 Å². The summed E-state index contributed by atoms with van der Waals surface area (Å²) in [7, 11) is 3.41. The molecule has 0 aliphatic carbocycles. The van der Waals surface area contributed by atoms with Crippen LogP contribution < -0.4 is 10.1 Å². The highest BCUT2D eigenvalue weighted by atomic mass is 16.5. The van der Waals surface area contributed by atoms with E-state index in [1.807, 2.05) is 6.07 Å². The molecule has 0 unspecified atom stereocenters. The molecule has 0 atom stereocenters. The lowest BCUT2D eigenvalue weighted by molar-refractivity contribution is 0.143. The molecule has 2 aromatic rings. The van der Waals surface area contributed by atoms with E-state index >= 15 is 0 Å². The highest BCUT2D eigenvalue weighted by Gasteiger charge is 2.09. The van der Waals surface area contributed by atoms with Crippen LogP contribution in [0.5, 0.6) is 5.88 Å². The Bertz CT molecular complexity index is 672. The first-order valence-electron chi connectivity index (χ1n) is 8.75. The van der Waals surface area contributed by atoms with Crippen LogP contribution in [0, 0.1) is 0 Å². The molecule has 0 bridgehead atoms. The monoisotopic (exact) mass is 357 g/mol. The summed E-state index contributed by atoms with van der Waals surface area (Å²) in [6, 6.07) is 11.9. The number of urea groups is 1. The normalized spacial score (nSPS) is 10.4. The second kappa shape index (κ2) is 10.4. The molecule has 1 N–H and O–H groups in total. The maximum absolute atomic E-state index is 12.2. The molecule has 0 spiro atoms. The number of rotatable bonds is 9. The Labute approximate surface area is 155 Å². The van der Waals surface area contributed by atoms with E-state index in [-0.39, 0.29) is 6.03 Å². The standard InChI is InChI=1S/C20H27N3O3/c1-4-16-5-7-17(8-6-16)15-23(2)20(24)22-14-18-9-10-19(21-13-18)26-12-11-25-3/h5-10,13H,4,11-12,14-15H2,1-3H3,(H,22,24). The minimum absolute atomic E-state index is 0.120. The van der Waals surface area contributed by atoms with Crippen LogP contribution in [0.4, 0.5) is 4.79 Å². The number of pyridine rings is 1. The average molecular weight is 357 g/mol. The lowest BCUT2D eigenvalue weighted by atomic mass is 10.1. The molecule has 1 heterocycles. The molecule has 0 aliphatic rings. The van der Waals surface area contributed by atoms with Crippen molar-refractivity contribution in [2.24, 2.45) is 0 Å². The fourth-order valence-electron chi connectivity index (χ4n) is 2.37. The number of nitrogens with zero attached hydrogens (tertiary/aromatic N) is 2. The third-order valence-electron chi connectivity index (χ3n) is 3.98. The number of carbonyl (C=O) groups excluding carboxylic acids is 1. The summed E-state index contributed by atoms with van der Waals surface area (Å²) >= 11 is 0. The molecule has 26 heavy (non-hydrogen) atoms. The van der Waals surface area contributed by atoms with Gasteiger partial charge >= 0.3 is 6.03 Å². The van der Waals surface area contributed by atoms with Gasteiger partial charge in [0, 0.05) is 39.5 Å². The Balaban J connectivity index is 1.77. The lowest BCUT2D eigenvalue weighted by Gasteiger charge is -2.18. The second-order valence-electron chi connectivity index (χ2n) is 6.03. The van der Waals surface area contributed by atoms with Gasteiger partial charge < -0.3 is 19.7 Å². The fourth-order valence-corrected chi connectivity index (χ4v) is 2.37. The van der Waals surface area contributed by atoms with Crippen molar-refractivity contribution in [2.75, 3.05) is 27.4 Å². The van der Waals surface area contributed by atoms with E-state index in [1.54, 1.807) is 31.3 Å². The molecule has 2 amide bonds. The van der Waals surface area contributed by atoms with Gasteiger partial charge in [0.05, 0.1) is 6.61 Å². The summed E-state index contributed by atoms with van der Waals surface area (Å²) in [5, 5.41) is 2.90. The highest BCUT2D eigenvalue weighted by molar-refractivity contribution is 5.73. The fraction of sp³-hybridized carbons (Fsp3) is 0.400. The van der Waals surface area contributed by atoms with Crippen molar-refractivity contribution in [3.8, 4) is 5.88 Å². The number of hydrogen-bond acceptors (Lipinski definition) is 4. The number of aryl methyl sites for hydroxylation is 1. The number of methoxy groups -OCH3 is 1. The van der Waals surface area contributed by atoms with Crippen LogP contribution in [-0.4, -0.2) is 43.3 Å². The molecule has 1 aromatic carbocycles. The molecule has 2 rings (SSSR count). The average Bonchev–Trinajstić information content (AvgIpc) is 2.68. The van der Waals surface area contributed by atoms with Crippen molar-refractivity contribution in [1.82, 2.24) is 15.2 Å². The molecule has 140 valence electrons. The minimum Gasteiger partial charge on any atom is -0.475 e. The quantitative estimate of drug-likeness (QED) is 0.701. The predicted octanol–water partition coefficient (Wildman–Crippen LogP) is 3.01. The summed E-state index contributed by atoms with van der Waals surface area (Å²) in [6.07, 6.45) is 2.72. The van der Waals surface area contributed by atoms with Gasteiger partial charge in [-0.25, -0.2) is 9.78 Å². The zero-order chi connectivity index (χ0) is 18.8. The van der Waals surface area contributed by atoms with E-state index in [9.17, 15) is 4.79 Å². The Morgan fingerprint density at radius 2 is 1.77 bits per heavy atom. The second-order valence-corrected chi connectivity index (χ2v) is 6.03. The van der Waals surface area contributed by atoms with E-state index in [0.29, 0.717) is 32.2 Å². The Kier molecular flexibility index (Phi) is 7.89. The summed E-state index contributed by atoms with van der Waals surface area (Å²) in [5.41, 5.74) is 3.32. The first-order chi connectivity index (χ1) is 12.6. The van der Waals surface area contributed by atoms with Crippen LogP contribution in [0.2, 0.25) is 0 Å². The van der Waals surface area contributed by atoms with Gasteiger partial charge in [-0.3, -0.25) is 0 Å². The number of carbonyl (C=O) groups is 1. The summed E-state index contributed by atoms with van der Waals surface area (Å²) in [6.45, 7) is 4.10. The first-order valence-corrected chi connectivity index (χ1v) is 8.75. The van der Waals surface area contributed by atoms with Gasteiger partial charge in [-0.15, -0.1) is 0 Å². The first kappa shape index (κ1) is 19.7. The van der Waals surface area contributed by atoms with Crippen LogP contribution in [-0.2, 0) is 24.2 Å². The van der Waals surface area contributed by atoms with Gasteiger partial charge in [-0.1, -0.05) is 37.3 Å². The molecule has 1 aromatic heterocycles. The van der Waals surface area contributed by atoms with Crippen LogP contribution in [0.3, 0.4) is 0 Å². The zero-order valence-corrected chi connectivity index (χ0v) is 15.7. The van der Waals surface area contributed by atoms with Crippen molar-refractivity contribution in [3.05, 3.63) is 59.3 Å². The summed E-state index contributed by atoms with van der Waals surface area (Å²) in [4.78, 5) is 18.1. The Morgan fingerprint density at radius 1 is 1.08 bits per heavy atom. The number of amides is 2. The number of nitrogens with one attached hydrogen (secondary N) is 1. The summed E-state index contributed by atoms with van der Waals surface area (Å²) in [5.74, 6) is 0.546. The Morgan fingerprint density at radius 3 is 2.38 bits per heavy atom. The van der Waals surface area contributed by atoms with E-state index in [4.69, 9.17) is 9.47 Å². The van der Waals surface area contributed by atoms with Crippen LogP contribution in [0.1, 0.15) is 23.6 Å². The van der Waals surface area contributed by atoms with Crippen LogP contribution >= 0.6 is 0 Å². The number of ether oxygens (including phenoxy) is 2. The van der Waals surface area contributed by atoms with Gasteiger partial charge in [-0.05, 0) is 23.1 Å². The predicted molar refractivity (Wildman–Crippen MR) is 101 cm³/mol. The van der Waals surface area contributed by atoms with E-state index in [0.717, 1.165) is 17.5 Å². The van der Waals surface area contributed by atoms with Crippen molar-refractivity contribution in [2.45, 2.75) is 26.4 Å². The molecule has 0 fully saturated rings. The maximum Gasteiger partial charge on any atom is 0.317 e. The largest absolute Gasteiger partial charge is 0.475 e. The zero-order valence-electron chi connectivity index (χ0n) is 15.7. The number of benzene rings is 1. The lowest BCUT2D eigenvalue weighted by Crippen LogP contribution is -2.36. The Hall–Kier alpha value is -2.60. The van der Waals surface area contributed by atoms with E-state index in [2.05, 4.69) is 41.5 Å². The number of aromatic nitrogens is 1. The highest BCUT2D eigenvalue weighted by Crippen LogP contribution is 2.09. The molecule has 6 nitrogen and oxygen atoms in total. The van der Waals surface area contributed by atoms with Gasteiger partial charge in [0.15, 0.2) is 0 Å². The SMILES string of the molecule is CCc1ccc(CN(C)C(=O)NCc2ccc(OCCOC)nc2)cc1. The van der Waals surface area contributed by atoms with Gasteiger partial charge in [0.25, 0.3) is 0 Å². The van der Waals surface area contributed by atoms with E-state index < -0.39 is 0 Å². The molecule has 0 saturated carbocycles. The molecule has 0 saturated heterocycles. The van der Waals surface area contributed by atoms with Crippen molar-refractivity contribution in [3.63, 3.8) is 0 Å². The third-order valence-corrected chi connectivity index (χ3v) is 3.98. The van der Waals surface area contributed by atoms with Crippen LogP contribution in [0.25, 0.3) is 0 Å². The van der Waals surface area contributed by atoms with E-state index in [1.165, 1.54) is 5.56 Å². The smallest absolute Gasteiger partial charge is 0.317 e. The van der Waals surface area contributed by atoms with Crippen molar-refractivity contribution < 1.29 is 14.3 Å². The topological polar surface area (TPSA) is 63.7 Å². The van der Waals surface area contributed by atoms with Gasteiger partial charge in [0.2, 0.25) is 5.88 Å². The molecule has 0 aliphatic heterocycles. The third kappa shape index (κ3) is 6.37.